The van der Waals surface area contributed by atoms with Gasteiger partial charge in [-0.15, -0.1) is 11.3 Å². The van der Waals surface area contributed by atoms with E-state index in [4.69, 9.17) is 4.74 Å². The number of nitrogens with one attached hydrogen (secondary N) is 2. The number of aromatic nitrogens is 1. The fourth-order valence-electron chi connectivity index (χ4n) is 1.52. The lowest BCUT2D eigenvalue weighted by Crippen LogP contribution is -2.38. The van der Waals surface area contributed by atoms with Gasteiger partial charge < -0.3 is 15.4 Å². The average Bonchev–Trinajstić information content (AvgIpc) is 2.99. The molecule has 0 saturated carbocycles. The van der Waals surface area contributed by atoms with Crippen molar-refractivity contribution in [2.75, 3.05) is 17.7 Å². The van der Waals surface area contributed by atoms with Gasteiger partial charge in [0, 0.05) is 11.1 Å². The minimum Gasteiger partial charge on any atom is -0.466 e. The van der Waals surface area contributed by atoms with E-state index >= 15 is 0 Å². The number of hydrogen-bond donors (Lipinski definition) is 2. The minimum atomic E-state index is -0.537. The normalized spacial score (nSPS) is 17.6. The highest BCUT2D eigenvalue weighted by atomic mass is 32.2. The predicted molar refractivity (Wildman–Crippen MR) is 75.9 cm³/mol. The first-order valence-corrected chi connectivity index (χ1v) is 7.79. The summed E-state index contributed by atoms with van der Waals surface area (Å²) in [6, 6.07) is -0.537. The average molecular weight is 315 g/mol. The molecule has 0 aromatic carbocycles. The van der Waals surface area contributed by atoms with E-state index in [9.17, 15) is 14.4 Å². The maximum absolute atomic E-state index is 11.8. The third-order valence-corrected chi connectivity index (χ3v) is 4.09. The number of amides is 2. The number of ether oxygens (including phenoxy) is 1. The molecule has 7 nitrogen and oxygen atoms in total. The number of thioether (sulfide) groups is 1. The third-order valence-electron chi connectivity index (χ3n) is 2.40. The second-order valence-electron chi connectivity index (χ2n) is 3.91. The summed E-state index contributed by atoms with van der Waals surface area (Å²) in [4.78, 5) is 38.3. The van der Waals surface area contributed by atoms with Gasteiger partial charge in [0.15, 0.2) is 5.13 Å². The molecule has 0 bridgehead atoms. The van der Waals surface area contributed by atoms with Gasteiger partial charge in [-0.1, -0.05) is 11.8 Å². The Morgan fingerprint density at radius 1 is 1.60 bits per heavy atom. The highest BCUT2D eigenvalue weighted by molar-refractivity contribution is 8.14. The fraction of sp³-hybridized carbons (Fsp3) is 0.455. The first-order valence-electron chi connectivity index (χ1n) is 5.92. The summed E-state index contributed by atoms with van der Waals surface area (Å²) in [5, 5.41) is 7.05. The van der Waals surface area contributed by atoms with Crippen LogP contribution in [0.15, 0.2) is 5.38 Å². The van der Waals surface area contributed by atoms with Crippen LogP contribution in [0.3, 0.4) is 0 Å². The van der Waals surface area contributed by atoms with Gasteiger partial charge >= 0.3 is 5.97 Å². The summed E-state index contributed by atoms with van der Waals surface area (Å²) in [5.74, 6) is -0.248. The maximum atomic E-state index is 11.8. The molecule has 1 fully saturated rings. The molecule has 1 aliphatic heterocycles. The molecule has 1 atom stereocenters. The Morgan fingerprint density at radius 3 is 3.05 bits per heavy atom. The van der Waals surface area contributed by atoms with Crippen molar-refractivity contribution in [1.82, 2.24) is 10.3 Å². The lowest BCUT2D eigenvalue weighted by Gasteiger charge is -2.07. The van der Waals surface area contributed by atoms with Crippen molar-refractivity contribution in [2.24, 2.45) is 0 Å². The molecule has 20 heavy (non-hydrogen) atoms. The SMILES string of the molecule is CCOC(=O)Cc1csc(NC(=O)C2CSC(=O)N2)n1. The van der Waals surface area contributed by atoms with Crippen molar-refractivity contribution in [1.29, 1.82) is 0 Å². The van der Waals surface area contributed by atoms with Crippen LogP contribution in [-0.2, 0) is 20.7 Å². The Hall–Kier alpha value is -1.61. The van der Waals surface area contributed by atoms with Gasteiger partial charge in [-0.25, -0.2) is 4.98 Å². The van der Waals surface area contributed by atoms with Gasteiger partial charge in [0.25, 0.3) is 5.24 Å². The largest absolute Gasteiger partial charge is 0.466 e. The molecule has 1 aromatic heterocycles. The van der Waals surface area contributed by atoms with Gasteiger partial charge in [0.2, 0.25) is 5.91 Å². The van der Waals surface area contributed by atoms with Crippen LogP contribution < -0.4 is 10.6 Å². The van der Waals surface area contributed by atoms with E-state index in [2.05, 4.69) is 15.6 Å². The second-order valence-corrected chi connectivity index (χ2v) is 5.76. The monoisotopic (exact) mass is 315 g/mol. The molecular formula is C11H13N3O4S2. The van der Waals surface area contributed by atoms with Gasteiger partial charge in [-0.2, -0.15) is 0 Å². The van der Waals surface area contributed by atoms with Crippen LogP contribution in [-0.4, -0.2) is 40.5 Å². The minimum absolute atomic E-state index is 0.0796. The Bertz CT molecular complexity index is 531. The summed E-state index contributed by atoms with van der Waals surface area (Å²) in [5.41, 5.74) is 0.550. The quantitative estimate of drug-likeness (QED) is 0.787. The number of nitrogens with zero attached hydrogens (tertiary/aromatic N) is 1. The van der Waals surface area contributed by atoms with E-state index in [-0.39, 0.29) is 23.5 Å². The van der Waals surface area contributed by atoms with Crippen LogP contribution in [0.1, 0.15) is 12.6 Å². The number of esters is 1. The molecule has 1 saturated heterocycles. The topological polar surface area (TPSA) is 97.4 Å². The maximum Gasteiger partial charge on any atom is 0.311 e. The van der Waals surface area contributed by atoms with Crippen molar-refractivity contribution in [3.63, 3.8) is 0 Å². The van der Waals surface area contributed by atoms with E-state index in [1.54, 1.807) is 12.3 Å². The molecule has 1 aromatic rings. The zero-order valence-electron chi connectivity index (χ0n) is 10.7. The van der Waals surface area contributed by atoms with Gasteiger partial charge in [-0.05, 0) is 6.92 Å². The van der Waals surface area contributed by atoms with Gasteiger partial charge in [0.05, 0.1) is 18.7 Å². The Balaban J connectivity index is 1.87. The van der Waals surface area contributed by atoms with Crippen molar-refractivity contribution in [3.8, 4) is 0 Å². The van der Waals surface area contributed by atoms with E-state index in [1.807, 2.05) is 0 Å². The lowest BCUT2D eigenvalue weighted by atomic mass is 10.3. The molecule has 2 heterocycles. The van der Waals surface area contributed by atoms with Crippen LogP contribution in [0.5, 0.6) is 0 Å². The number of rotatable bonds is 5. The van der Waals surface area contributed by atoms with E-state index in [1.165, 1.54) is 11.3 Å². The third kappa shape index (κ3) is 3.94. The molecule has 2 rings (SSSR count). The molecule has 0 aliphatic carbocycles. The van der Waals surface area contributed by atoms with Gasteiger partial charge in [-0.3, -0.25) is 14.4 Å². The van der Waals surface area contributed by atoms with Crippen molar-refractivity contribution < 1.29 is 19.1 Å². The fourth-order valence-corrected chi connectivity index (χ4v) is 3.02. The zero-order chi connectivity index (χ0) is 14.5. The summed E-state index contributed by atoms with van der Waals surface area (Å²) in [7, 11) is 0. The molecule has 1 unspecified atom stereocenters. The summed E-state index contributed by atoms with van der Waals surface area (Å²) in [6.45, 7) is 2.06. The highest BCUT2D eigenvalue weighted by Crippen LogP contribution is 2.18. The highest BCUT2D eigenvalue weighted by Gasteiger charge is 2.28. The van der Waals surface area contributed by atoms with Crippen molar-refractivity contribution >= 4 is 45.3 Å². The molecule has 2 amide bonds. The zero-order valence-corrected chi connectivity index (χ0v) is 12.3. The number of thiazole rings is 1. The molecule has 108 valence electrons. The van der Waals surface area contributed by atoms with E-state index < -0.39 is 6.04 Å². The lowest BCUT2D eigenvalue weighted by molar-refractivity contribution is -0.142. The van der Waals surface area contributed by atoms with Crippen LogP contribution in [0, 0.1) is 0 Å². The standard InChI is InChI=1S/C11H13N3O4S2/c1-2-18-8(15)3-6-4-19-10(12-6)14-9(16)7-5-20-11(17)13-7/h4,7H,2-3,5H2,1H3,(H,13,17)(H,12,14,16). The first-order chi connectivity index (χ1) is 9.58. The van der Waals surface area contributed by atoms with Gasteiger partial charge in [0.1, 0.15) is 6.04 Å². The van der Waals surface area contributed by atoms with Crippen LogP contribution in [0.2, 0.25) is 0 Å². The number of carbonyl (C=O) groups excluding carboxylic acids is 3. The van der Waals surface area contributed by atoms with Crippen LogP contribution in [0.25, 0.3) is 0 Å². The molecule has 2 N–H and O–H groups in total. The van der Waals surface area contributed by atoms with Crippen molar-refractivity contribution in [3.05, 3.63) is 11.1 Å². The molecular weight excluding hydrogens is 302 g/mol. The Kier molecular flexibility index (Phi) is 4.96. The van der Waals surface area contributed by atoms with Crippen LogP contribution in [0.4, 0.5) is 9.93 Å². The molecule has 0 spiro atoms. The first kappa shape index (κ1) is 14.8. The predicted octanol–water partition coefficient (Wildman–Crippen LogP) is 1.01. The smallest absolute Gasteiger partial charge is 0.311 e. The summed E-state index contributed by atoms with van der Waals surface area (Å²) < 4.78 is 4.82. The van der Waals surface area contributed by atoms with E-state index in [0.29, 0.717) is 23.2 Å². The Labute approximate surface area is 123 Å². The number of anilines is 1. The molecule has 0 radical (unpaired) electrons. The Morgan fingerprint density at radius 2 is 2.40 bits per heavy atom. The molecule has 9 heteroatoms. The molecule has 1 aliphatic rings. The van der Waals surface area contributed by atoms with E-state index in [0.717, 1.165) is 11.8 Å². The number of carbonyl (C=O) groups is 3. The second kappa shape index (κ2) is 6.71. The summed E-state index contributed by atoms with van der Waals surface area (Å²) >= 11 is 2.30. The summed E-state index contributed by atoms with van der Waals surface area (Å²) in [6.07, 6.45) is 0.0796. The van der Waals surface area contributed by atoms with Crippen molar-refractivity contribution in [2.45, 2.75) is 19.4 Å². The number of hydrogen-bond acceptors (Lipinski definition) is 7. The van der Waals surface area contributed by atoms with Crippen LogP contribution >= 0.6 is 23.1 Å².